The topological polar surface area (TPSA) is 158 Å². The van der Waals surface area contributed by atoms with E-state index in [-0.39, 0.29) is 6.61 Å². The van der Waals surface area contributed by atoms with Crippen LogP contribution in [0.3, 0.4) is 0 Å². The molecule has 0 aromatic heterocycles. The van der Waals surface area contributed by atoms with Gasteiger partial charge in [0.05, 0.1) is 19.8 Å². The summed E-state index contributed by atoms with van der Waals surface area (Å²) >= 11 is 0. The number of hydrogen-bond acceptors (Lipinski definition) is 10. The molecule has 10 heteroatoms. The number of hydrogen-bond donors (Lipinski definition) is 6. The van der Waals surface area contributed by atoms with Gasteiger partial charge >= 0.3 is 0 Å². The second-order valence-corrected chi connectivity index (χ2v) is 8.68. The van der Waals surface area contributed by atoms with Crippen LogP contribution < -0.4 is 0 Å². The smallest absolute Gasteiger partial charge is 0.186 e. The summed E-state index contributed by atoms with van der Waals surface area (Å²) < 4.78 is 21.8. The van der Waals surface area contributed by atoms with Gasteiger partial charge in [0.25, 0.3) is 0 Å². The largest absolute Gasteiger partial charge is 0.394 e. The molecule has 2 fully saturated rings. The average molecular weight is 451 g/mol. The molecule has 2 aliphatic heterocycles. The molecule has 2 aliphatic rings. The average Bonchev–Trinajstić information content (AvgIpc) is 3.00. The summed E-state index contributed by atoms with van der Waals surface area (Å²) in [5.41, 5.74) is 1.28. The fourth-order valence-corrected chi connectivity index (χ4v) is 3.57. The Balaban J connectivity index is 1.81. The molecule has 10 nitrogen and oxygen atoms in total. The van der Waals surface area contributed by atoms with Crippen molar-refractivity contribution in [1.29, 1.82) is 0 Å². The molecule has 0 saturated carbocycles. The zero-order valence-corrected chi connectivity index (χ0v) is 18.4. The second-order valence-electron chi connectivity index (χ2n) is 8.68. The van der Waals surface area contributed by atoms with Gasteiger partial charge in [-0.05, 0) is 39.0 Å². The van der Waals surface area contributed by atoms with Crippen molar-refractivity contribution in [2.24, 2.45) is 5.92 Å². The Morgan fingerprint density at radius 2 is 1.42 bits per heavy atom. The molecule has 6 N–H and O–H groups in total. The van der Waals surface area contributed by atoms with E-state index >= 15 is 0 Å². The zero-order chi connectivity index (χ0) is 23.1. The summed E-state index contributed by atoms with van der Waals surface area (Å²) in [6.45, 7) is 5.74. The maximum atomic E-state index is 10.2. The summed E-state index contributed by atoms with van der Waals surface area (Å²) in [4.78, 5) is 0. The van der Waals surface area contributed by atoms with Crippen LogP contribution in [0.15, 0.2) is 11.6 Å². The van der Waals surface area contributed by atoms with Gasteiger partial charge in [-0.25, -0.2) is 0 Å². The normalized spacial score (nSPS) is 39.5. The Kier molecular flexibility index (Phi) is 10.8. The van der Waals surface area contributed by atoms with Crippen molar-refractivity contribution in [2.45, 2.75) is 95.3 Å². The molecule has 10 unspecified atom stereocenters. The molecule has 0 aromatic rings. The Bertz CT molecular complexity index is 554. The first-order valence-corrected chi connectivity index (χ1v) is 10.8. The van der Waals surface area contributed by atoms with Crippen LogP contribution in [-0.4, -0.2) is 106 Å². The summed E-state index contributed by atoms with van der Waals surface area (Å²) in [5, 5.41) is 59.4. The Morgan fingerprint density at radius 1 is 0.839 bits per heavy atom. The predicted octanol–water partition coefficient (Wildman–Crippen LogP) is -0.961. The maximum absolute atomic E-state index is 10.2. The van der Waals surface area contributed by atoms with Gasteiger partial charge in [0, 0.05) is 0 Å². The van der Waals surface area contributed by atoms with Gasteiger partial charge in [-0.2, -0.15) is 0 Å². The van der Waals surface area contributed by atoms with Gasteiger partial charge in [0.2, 0.25) is 0 Å². The van der Waals surface area contributed by atoms with Gasteiger partial charge < -0.3 is 49.6 Å². The van der Waals surface area contributed by atoms with Gasteiger partial charge in [-0.3, -0.25) is 0 Å². The van der Waals surface area contributed by atoms with Crippen LogP contribution in [0.5, 0.6) is 0 Å². The number of allylic oxidation sites excluding steroid dienone is 2. The molecule has 0 amide bonds. The Labute approximate surface area is 183 Å². The van der Waals surface area contributed by atoms with Gasteiger partial charge in [-0.1, -0.05) is 18.6 Å². The number of aliphatic hydroxyl groups is 6. The minimum Gasteiger partial charge on any atom is -0.394 e. The molecule has 0 aromatic carbocycles. The predicted molar refractivity (Wildman–Crippen MR) is 109 cm³/mol. The van der Waals surface area contributed by atoms with Crippen molar-refractivity contribution in [2.75, 3.05) is 19.8 Å². The van der Waals surface area contributed by atoms with Gasteiger partial charge in [-0.15, -0.1) is 0 Å². The quantitative estimate of drug-likeness (QED) is 0.217. The minimum atomic E-state index is -1.51. The van der Waals surface area contributed by atoms with E-state index in [2.05, 4.69) is 26.8 Å². The third kappa shape index (κ3) is 7.43. The molecule has 2 rings (SSSR count). The number of rotatable bonds is 11. The summed E-state index contributed by atoms with van der Waals surface area (Å²) in [6.07, 6.45) is -6.59. The van der Waals surface area contributed by atoms with Crippen molar-refractivity contribution < 1.29 is 49.6 Å². The van der Waals surface area contributed by atoms with Crippen molar-refractivity contribution in [3.05, 3.63) is 11.6 Å². The lowest BCUT2D eigenvalue weighted by atomic mass is 9.99. The lowest BCUT2D eigenvalue weighted by Gasteiger charge is -2.40. The van der Waals surface area contributed by atoms with E-state index < -0.39 is 61.9 Å². The highest BCUT2D eigenvalue weighted by Crippen LogP contribution is 2.26. The van der Waals surface area contributed by atoms with E-state index in [4.69, 9.17) is 24.1 Å². The Morgan fingerprint density at radius 3 is 2.03 bits per heavy atom. The summed E-state index contributed by atoms with van der Waals surface area (Å²) in [6, 6.07) is 0. The lowest BCUT2D eigenvalue weighted by molar-refractivity contribution is -0.310. The van der Waals surface area contributed by atoms with E-state index in [1.807, 2.05) is 0 Å². The van der Waals surface area contributed by atoms with Gasteiger partial charge in [0.1, 0.15) is 42.7 Å². The molecular weight excluding hydrogens is 412 g/mol. The van der Waals surface area contributed by atoms with Crippen LogP contribution in [0.2, 0.25) is 0 Å². The minimum absolute atomic E-state index is 0.295. The van der Waals surface area contributed by atoms with E-state index in [1.54, 1.807) is 0 Å². The fraction of sp³-hybridized carbons (Fsp3) is 0.905. The molecule has 0 aliphatic carbocycles. The first-order chi connectivity index (χ1) is 14.6. The van der Waals surface area contributed by atoms with Crippen molar-refractivity contribution >= 4 is 0 Å². The molecule has 0 radical (unpaired) electrons. The van der Waals surface area contributed by atoms with Crippen molar-refractivity contribution in [3.8, 4) is 0 Å². The third-order valence-electron chi connectivity index (χ3n) is 5.70. The first kappa shape index (κ1) is 26.6. The van der Waals surface area contributed by atoms with Crippen molar-refractivity contribution in [3.63, 3.8) is 0 Å². The monoisotopic (exact) mass is 450 g/mol. The van der Waals surface area contributed by atoms with Crippen LogP contribution in [0.25, 0.3) is 0 Å². The van der Waals surface area contributed by atoms with Crippen molar-refractivity contribution in [1.82, 2.24) is 0 Å². The maximum Gasteiger partial charge on any atom is 0.186 e. The summed E-state index contributed by atoms with van der Waals surface area (Å²) in [7, 11) is 0. The van der Waals surface area contributed by atoms with Crippen LogP contribution >= 0.6 is 0 Å². The summed E-state index contributed by atoms with van der Waals surface area (Å²) in [5.74, 6) is 0.401. The standard InChI is InChI=1S/C21H38O10/c1-11(2)5-4-6-12(3)7-8-28-20-19(27)17(25)16(24)14(31-20)10-29-21-18(26)15(23)13(9-22)30-21/h5,12-27H,4,6-10H2,1-3H3. The van der Waals surface area contributed by atoms with Crippen LogP contribution in [0.1, 0.15) is 40.0 Å². The molecule has 31 heavy (non-hydrogen) atoms. The fourth-order valence-electron chi connectivity index (χ4n) is 3.57. The highest BCUT2D eigenvalue weighted by atomic mass is 16.7. The molecule has 0 spiro atoms. The Hall–Kier alpha value is -0.660. The first-order valence-electron chi connectivity index (χ1n) is 10.8. The third-order valence-corrected chi connectivity index (χ3v) is 5.70. The SMILES string of the molecule is CC(C)=CCCC(C)CCOC1OC(COC2OC(CO)C(O)C2O)C(O)C(O)C1O. The highest BCUT2D eigenvalue weighted by Gasteiger charge is 2.47. The van der Waals surface area contributed by atoms with E-state index in [0.717, 1.165) is 19.3 Å². The molecule has 2 saturated heterocycles. The molecular formula is C21H38O10. The van der Waals surface area contributed by atoms with Crippen LogP contribution in [0, 0.1) is 5.92 Å². The van der Waals surface area contributed by atoms with Crippen LogP contribution in [-0.2, 0) is 18.9 Å². The van der Waals surface area contributed by atoms with E-state index in [0.29, 0.717) is 12.5 Å². The second kappa shape index (κ2) is 12.5. The number of ether oxygens (including phenoxy) is 4. The van der Waals surface area contributed by atoms with Crippen LogP contribution in [0.4, 0.5) is 0 Å². The number of aliphatic hydroxyl groups excluding tert-OH is 6. The molecule has 10 atom stereocenters. The lowest BCUT2D eigenvalue weighted by Crippen LogP contribution is -2.59. The molecule has 0 bridgehead atoms. The molecule has 2 heterocycles. The van der Waals surface area contributed by atoms with E-state index in [1.165, 1.54) is 5.57 Å². The zero-order valence-electron chi connectivity index (χ0n) is 18.4. The highest BCUT2D eigenvalue weighted by molar-refractivity contribution is 4.93. The van der Waals surface area contributed by atoms with E-state index in [9.17, 15) is 25.5 Å². The van der Waals surface area contributed by atoms with Gasteiger partial charge in [0.15, 0.2) is 12.6 Å². The molecule has 182 valence electrons.